The fourth-order valence-corrected chi connectivity index (χ4v) is 1.15. The van der Waals surface area contributed by atoms with Gasteiger partial charge in [0.1, 0.15) is 5.69 Å². The molecule has 7 nitrogen and oxygen atoms in total. The van der Waals surface area contributed by atoms with Crippen LogP contribution in [0.3, 0.4) is 0 Å². The molecule has 0 aliphatic carbocycles. The average molecular weight is 289 g/mol. The molecule has 1 N–H and O–H groups in total. The van der Waals surface area contributed by atoms with E-state index in [0.29, 0.717) is 0 Å². The van der Waals surface area contributed by atoms with Gasteiger partial charge >= 0.3 is 12.3 Å². The second kappa shape index (κ2) is 5.87. The SMILES string of the molecule is N#Cc1ccc(NC(=O)OCC(F)(F)F)c([N+](=O)[O-])c1. The van der Waals surface area contributed by atoms with Gasteiger partial charge in [-0.3, -0.25) is 15.4 Å². The maximum atomic E-state index is 11.8. The van der Waals surface area contributed by atoms with Gasteiger partial charge in [-0.1, -0.05) is 0 Å². The van der Waals surface area contributed by atoms with E-state index in [1.54, 1.807) is 11.4 Å². The molecule has 0 radical (unpaired) electrons. The molecule has 1 amide bonds. The number of ether oxygens (including phenoxy) is 1. The molecule has 106 valence electrons. The molecule has 0 spiro atoms. The van der Waals surface area contributed by atoms with Crippen LogP contribution in [-0.4, -0.2) is 23.8 Å². The summed E-state index contributed by atoms with van der Waals surface area (Å²) in [5.41, 5.74) is -1.04. The largest absolute Gasteiger partial charge is 0.440 e. The number of hydrogen-bond acceptors (Lipinski definition) is 5. The smallest absolute Gasteiger partial charge is 0.422 e. The van der Waals surface area contributed by atoms with Crippen LogP contribution in [0, 0.1) is 21.4 Å². The monoisotopic (exact) mass is 289 g/mol. The van der Waals surface area contributed by atoms with E-state index in [4.69, 9.17) is 5.26 Å². The minimum atomic E-state index is -4.70. The first-order valence-corrected chi connectivity index (χ1v) is 4.92. The topological polar surface area (TPSA) is 105 Å². The maximum Gasteiger partial charge on any atom is 0.422 e. The van der Waals surface area contributed by atoms with Crippen molar-refractivity contribution in [3.8, 4) is 6.07 Å². The molecule has 20 heavy (non-hydrogen) atoms. The zero-order valence-electron chi connectivity index (χ0n) is 9.60. The van der Waals surface area contributed by atoms with Crippen molar-refractivity contribution in [1.29, 1.82) is 5.26 Å². The number of amides is 1. The van der Waals surface area contributed by atoms with Crippen molar-refractivity contribution in [2.24, 2.45) is 0 Å². The lowest BCUT2D eigenvalue weighted by Crippen LogP contribution is -2.23. The maximum absolute atomic E-state index is 11.8. The predicted octanol–water partition coefficient (Wildman–Crippen LogP) is 2.58. The first-order valence-electron chi connectivity index (χ1n) is 4.92. The molecule has 0 atom stereocenters. The van der Waals surface area contributed by atoms with Crippen molar-refractivity contribution in [1.82, 2.24) is 0 Å². The number of rotatable bonds is 3. The summed E-state index contributed by atoms with van der Waals surface area (Å²) in [6, 6.07) is 4.70. The Kier molecular flexibility index (Phi) is 4.47. The number of nitrogens with zero attached hydrogens (tertiary/aromatic N) is 2. The Morgan fingerprint density at radius 3 is 2.65 bits per heavy atom. The molecule has 0 unspecified atom stereocenters. The summed E-state index contributed by atoms with van der Waals surface area (Å²) >= 11 is 0. The summed E-state index contributed by atoms with van der Waals surface area (Å²) in [7, 11) is 0. The highest BCUT2D eigenvalue weighted by molar-refractivity contribution is 5.88. The molecule has 0 heterocycles. The van der Waals surface area contributed by atoms with Crippen LogP contribution >= 0.6 is 0 Å². The van der Waals surface area contributed by atoms with Gasteiger partial charge in [0, 0.05) is 6.07 Å². The van der Waals surface area contributed by atoms with Crippen molar-refractivity contribution in [3.63, 3.8) is 0 Å². The highest BCUT2D eigenvalue weighted by atomic mass is 19.4. The van der Waals surface area contributed by atoms with E-state index in [1.807, 2.05) is 0 Å². The van der Waals surface area contributed by atoms with Crippen LogP contribution in [0.15, 0.2) is 18.2 Å². The van der Waals surface area contributed by atoms with E-state index in [9.17, 15) is 28.1 Å². The Hall–Kier alpha value is -2.83. The molecule has 0 fully saturated rings. The molecule has 0 aliphatic heterocycles. The van der Waals surface area contributed by atoms with Crippen molar-refractivity contribution in [2.75, 3.05) is 11.9 Å². The van der Waals surface area contributed by atoms with Crippen molar-refractivity contribution in [2.45, 2.75) is 6.18 Å². The van der Waals surface area contributed by atoms with Crippen molar-refractivity contribution >= 4 is 17.5 Å². The van der Waals surface area contributed by atoms with Crippen LogP contribution in [0.5, 0.6) is 0 Å². The lowest BCUT2D eigenvalue weighted by Gasteiger charge is -2.09. The number of nitro benzene ring substituents is 1. The lowest BCUT2D eigenvalue weighted by atomic mass is 10.2. The summed E-state index contributed by atoms with van der Waals surface area (Å²) < 4.78 is 39.3. The zero-order valence-corrected chi connectivity index (χ0v) is 9.60. The highest BCUT2D eigenvalue weighted by Gasteiger charge is 2.30. The molecule has 10 heteroatoms. The van der Waals surface area contributed by atoms with Crippen molar-refractivity contribution < 1.29 is 27.6 Å². The number of carbonyl (C=O) groups is 1. The third-order valence-corrected chi connectivity index (χ3v) is 1.93. The molecule has 0 saturated heterocycles. The predicted molar refractivity (Wildman–Crippen MR) is 58.8 cm³/mol. The first-order chi connectivity index (χ1) is 9.23. The molecule has 0 aliphatic rings. The molecular weight excluding hydrogens is 283 g/mol. The Bertz CT molecular complexity index is 580. The number of nitro groups is 1. The van der Waals surface area contributed by atoms with E-state index < -0.39 is 29.5 Å². The Labute approximate surface area is 109 Å². The summed E-state index contributed by atoms with van der Waals surface area (Å²) in [6.45, 7) is -1.82. The number of benzene rings is 1. The zero-order chi connectivity index (χ0) is 15.3. The van der Waals surface area contributed by atoms with E-state index in [0.717, 1.165) is 18.2 Å². The fourth-order valence-electron chi connectivity index (χ4n) is 1.15. The minimum absolute atomic E-state index is 0.0362. The van der Waals surface area contributed by atoms with Crippen LogP contribution in [0.4, 0.5) is 29.3 Å². The molecule has 1 rings (SSSR count). The number of nitrogens with one attached hydrogen (secondary N) is 1. The standard InChI is InChI=1S/C10H6F3N3O4/c11-10(12,13)5-20-9(17)15-7-2-1-6(4-14)3-8(7)16(18)19/h1-3H,5H2,(H,15,17). The van der Waals surface area contributed by atoms with Gasteiger partial charge in [0.15, 0.2) is 6.61 Å². The number of alkyl halides is 3. The van der Waals surface area contributed by atoms with Gasteiger partial charge in [0.05, 0.1) is 16.6 Å². The third-order valence-electron chi connectivity index (χ3n) is 1.93. The molecular formula is C10H6F3N3O4. The normalized spacial score (nSPS) is 10.5. The third kappa shape index (κ3) is 4.45. The van der Waals surface area contributed by atoms with Crippen LogP contribution in [0.2, 0.25) is 0 Å². The van der Waals surface area contributed by atoms with Gasteiger partial charge in [0.2, 0.25) is 0 Å². The van der Waals surface area contributed by atoms with Crippen LogP contribution < -0.4 is 5.32 Å². The number of nitriles is 1. The van der Waals surface area contributed by atoms with E-state index in [-0.39, 0.29) is 11.3 Å². The fraction of sp³-hybridized carbons (Fsp3) is 0.200. The summed E-state index contributed by atoms with van der Waals surface area (Å²) in [4.78, 5) is 20.9. The molecule has 0 aromatic heterocycles. The summed E-state index contributed by atoms with van der Waals surface area (Å²) in [6.07, 6.45) is -6.19. The molecule has 1 aromatic carbocycles. The Balaban J connectivity index is 2.85. The van der Waals surface area contributed by atoms with Gasteiger partial charge < -0.3 is 4.74 Å². The van der Waals surface area contributed by atoms with E-state index >= 15 is 0 Å². The second-order valence-corrected chi connectivity index (χ2v) is 3.42. The summed E-state index contributed by atoms with van der Waals surface area (Å²) in [5, 5.41) is 21.1. The first kappa shape index (κ1) is 15.2. The summed E-state index contributed by atoms with van der Waals surface area (Å²) in [5.74, 6) is 0. The van der Waals surface area contributed by atoms with Gasteiger partial charge in [-0.15, -0.1) is 0 Å². The van der Waals surface area contributed by atoms with Crippen LogP contribution in [0.25, 0.3) is 0 Å². The number of carbonyl (C=O) groups excluding carboxylic acids is 1. The molecule has 0 bridgehead atoms. The quantitative estimate of drug-likeness (QED) is 0.680. The van der Waals surface area contributed by atoms with Gasteiger partial charge in [0.25, 0.3) is 5.69 Å². The van der Waals surface area contributed by atoms with Gasteiger partial charge in [-0.05, 0) is 12.1 Å². The second-order valence-electron chi connectivity index (χ2n) is 3.42. The molecule has 0 saturated carbocycles. The highest BCUT2D eigenvalue weighted by Crippen LogP contribution is 2.25. The van der Waals surface area contributed by atoms with Crippen molar-refractivity contribution in [3.05, 3.63) is 33.9 Å². The number of anilines is 1. The Morgan fingerprint density at radius 2 is 2.15 bits per heavy atom. The van der Waals surface area contributed by atoms with Crippen LogP contribution in [0.1, 0.15) is 5.56 Å². The van der Waals surface area contributed by atoms with Gasteiger partial charge in [-0.2, -0.15) is 18.4 Å². The Morgan fingerprint density at radius 1 is 1.50 bits per heavy atom. The lowest BCUT2D eigenvalue weighted by molar-refractivity contribution is -0.383. The van der Waals surface area contributed by atoms with Gasteiger partial charge in [-0.25, -0.2) is 4.79 Å². The minimum Gasteiger partial charge on any atom is -0.440 e. The van der Waals surface area contributed by atoms with E-state index in [2.05, 4.69) is 4.74 Å². The van der Waals surface area contributed by atoms with Crippen LogP contribution in [-0.2, 0) is 4.74 Å². The average Bonchev–Trinajstić information content (AvgIpc) is 2.35. The van der Waals surface area contributed by atoms with E-state index in [1.165, 1.54) is 0 Å². The number of hydrogen-bond donors (Lipinski definition) is 1. The number of halogens is 3. The molecule has 1 aromatic rings.